The Balaban J connectivity index is 1.71. The molecule has 1 amide bonds. The lowest BCUT2D eigenvalue weighted by molar-refractivity contribution is -0.117. The van der Waals surface area contributed by atoms with Crippen LogP contribution in [0.3, 0.4) is 0 Å². The van der Waals surface area contributed by atoms with Gasteiger partial charge in [0.05, 0.1) is 18.8 Å². The highest BCUT2D eigenvalue weighted by atomic mass is 32.2. The van der Waals surface area contributed by atoms with Gasteiger partial charge < -0.3 is 19.4 Å². The number of halogens is 1. The Morgan fingerprint density at radius 2 is 2.11 bits per heavy atom. The van der Waals surface area contributed by atoms with E-state index < -0.39 is 27.6 Å². The molecule has 3 rings (SSSR count). The molecular weight excluding hydrogens is 375 g/mol. The molecule has 1 aliphatic heterocycles. The van der Waals surface area contributed by atoms with Crippen molar-refractivity contribution in [2.24, 2.45) is 0 Å². The van der Waals surface area contributed by atoms with E-state index in [1.807, 2.05) is 0 Å². The molecule has 27 heavy (non-hydrogen) atoms. The van der Waals surface area contributed by atoms with E-state index in [0.29, 0.717) is 26.1 Å². The van der Waals surface area contributed by atoms with Gasteiger partial charge in [0.2, 0.25) is 5.95 Å². The van der Waals surface area contributed by atoms with Crippen molar-refractivity contribution in [3.05, 3.63) is 24.0 Å². The third kappa shape index (κ3) is 4.23. The van der Waals surface area contributed by atoms with E-state index in [1.165, 1.54) is 12.1 Å². The molecular formula is C17H21FN4O4S. The standard InChI is InChI=1S/C17H21FN4O4S/c1-17(2,27(25)11-5-7-26-8-6-11)15(24)20-16-19-14(21-22-16)12-4-3-10(23)9-13(12)18/h3-4,9,11,23H,5-8H2,1-2H3,(H2,19,20,21,22,24). The molecule has 1 fully saturated rings. The van der Waals surface area contributed by atoms with Crippen LogP contribution in [0.5, 0.6) is 5.75 Å². The van der Waals surface area contributed by atoms with Crippen molar-refractivity contribution < 1.29 is 23.6 Å². The van der Waals surface area contributed by atoms with Crippen LogP contribution >= 0.6 is 0 Å². The molecule has 8 nitrogen and oxygen atoms in total. The zero-order valence-corrected chi connectivity index (χ0v) is 15.8. The summed E-state index contributed by atoms with van der Waals surface area (Å²) in [7, 11) is 0. The molecule has 0 saturated carbocycles. The van der Waals surface area contributed by atoms with Gasteiger partial charge in [-0.3, -0.25) is 10.1 Å². The van der Waals surface area contributed by atoms with E-state index >= 15 is 0 Å². The number of carbonyl (C=O) groups excluding carboxylic acids is 1. The number of ether oxygens (including phenoxy) is 1. The van der Waals surface area contributed by atoms with Crippen LogP contribution in [0, 0.1) is 5.82 Å². The number of nitrogens with zero attached hydrogens (tertiary/aromatic N) is 2. The van der Waals surface area contributed by atoms with Gasteiger partial charge in [0.15, 0.2) is 10.6 Å². The summed E-state index contributed by atoms with van der Waals surface area (Å²) in [6, 6.07) is 3.62. The first-order valence-corrected chi connectivity index (χ1v) is 9.72. The van der Waals surface area contributed by atoms with E-state index in [4.69, 9.17) is 4.74 Å². The maximum absolute atomic E-state index is 13.9. The van der Waals surface area contributed by atoms with Gasteiger partial charge in [-0.15, -0.1) is 10.2 Å². The van der Waals surface area contributed by atoms with Gasteiger partial charge in [-0.05, 0) is 37.2 Å². The number of hydrogen-bond donors (Lipinski definition) is 3. The average molecular weight is 396 g/mol. The van der Waals surface area contributed by atoms with Gasteiger partial charge in [0, 0.05) is 18.9 Å². The number of amides is 1. The zero-order chi connectivity index (χ0) is 19.6. The van der Waals surface area contributed by atoms with E-state index in [1.54, 1.807) is 13.8 Å². The quantitative estimate of drug-likeness (QED) is 0.664. The predicted octanol–water partition coefficient (Wildman–Crippen LogP) is 1.96. The molecule has 146 valence electrons. The van der Waals surface area contributed by atoms with Gasteiger partial charge >= 0.3 is 0 Å². The Kier molecular flexibility index (Phi) is 5.68. The van der Waals surface area contributed by atoms with Crippen LogP contribution in [-0.2, 0) is 20.7 Å². The number of anilines is 1. The van der Waals surface area contributed by atoms with Gasteiger partial charge in [0.25, 0.3) is 5.91 Å². The highest BCUT2D eigenvalue weighted by molar-refractivity contribution is 7.94. The first-order valence-electron chi connectivity index (χ1n) is 8.50. The second-order valence-corrected chi connectivity index (χ2v) is 9.04. The lowest BCUT2D eigenvalue weighted by Gasteiger charge is -2.34. The summed E-state index contributed by atoms with van der Waals surface area (Å²) in [5.74, 6) is -1.22. The number of benzene rings is 1. The highest BCUT2D eigenvalue weighted by Gasteiger charge is 2.45. The number of aromatic amines is 1. The summed E-state index contributed by atoms with van der Waals surface area (Å²) in [4.78, 5) is 15.4. The van der Waals surface area contributed by atoms with Crippen molar-refractivity contribution in [2.45, 2.75) is 36.7 Å². The number of phenolic OH excluding ortho intramolecular Hbond substituents is 1. The largest absolute Gasteiger partial charge is 0.615 e. The van der Waals surface area contributed by atoms with Crippen LogP contribution in [0.15, 0.2) is 18.2 Å². The zero-order valence-electron chi connectivity index (χ0n) is 15.0. The third-order valence-corrected chi connectivity index (χ3v) is 6.72. The number of nitrogens with one attached hydrogen (secondary N) is 2. The fourth-order valence-electron chi connectivity index (χ4n) is 2.79. The van der Waals surface area contributed by atoms with Crippen LogP contribution < -0.4 is 5.32 Å². The minimum atomic E-state index is -1.40. The van der Waals surface area contributed by atoms with Gasteiger partial charge in [-0.2, -0.15) is 0 Å². The maximum Gasteiger partial charge on any atom is 0.282 e. The SMILES string of the molecule is CC(C)(C(=O)Nc1nnc(-c2ccc(O)cc2F)[nH]1)[S+]([O-])C1CCOCC1. The predicted molar refractivity (Wildman–Crippen MR) is 98.1 cm³/mol. The van der Waals surface area contributed by atoms with Crippen molar-refractivity contribution in [3.63, 3.8) is 0 Å². The van der Waals surface area contributed by atoms with Crippen LogP contribution in [0.25, 0.3) is 11.4 Å². The van der Waals surface area contributed by atoms with E-state index in [2.05, 4.69) is 20.5 Å². The van der Waals surface area contributed by atoms with Gasteiger partial charge in [-0.1, -0.05) is 0 Å². The number of phenols is 1. The monoisotopic (exact) mass is 396 g/mol. The minimum Gasteiger partial charge on any atom is -0.615 e. The molecule has 3 N–H and O–H groups in total. The van der Waals surface area contributed by atoms with Crippen LogP contribution in [0.1, 0.15) is 26.7 Å². The van der Waals surface area contributed by atoms with Crippen LogP contribution in [0.4, 0.5) is 10.3 Å². The molecule has 2 aromatic rings. The Hall–Kier alpha value is -2.17. The first-order chi connectivity index (χ1) is 12.8. The fraction of sp³-hybridized carbons (Fsp3) is 0.471. The molecule has 10 heteroatoms. The number of carbonyl (C=O) groups is 1. The summed E-state index contributed by atoms with van der Waals surface area (Å²) in [6.07, 6.45) is 1.30. The summed E-state index contributed by atoms with van der Waals surface area (Å²) >= 11 is -1.40. The summed E-state index contributed by atoms with van der Waals surface area (Å²) in [5, 5.41) is 19.3. The Morgan fingerprint density at radius 1 is 1.41 bits per heavy atom. The summed E-state index contributed by atoms with van der Waals surface area (Å²) < 4.78 is 30.9. The van der Waals surface area contributed by atoms with Crippen LogP contribution in [-0.4, -0.2) is 54.0 Å². The lowest BCUT2D eigenvalue weighted by Crippen LogP contribution is -2.50. The number of aromatic hydroxyl groups is 1. The van der Waals surface area contributed by atoms with Crippen LogP contribution in [0.2, 0.25) is 0 Å². The Labute approximate surface area is 158 Å². The van der Waals surface area contributed by atoms with Gasteiger partial charge in [-0.25, -0.2) is 4.39 Å². The third-order valence-electron chi connectivity index (χ3n) is 4.45. The molecule has 1 saturated heterocycles. The molecule has 0 radical (unpaired) electrons. The minimum absolute atomic E-state index is 0.0273. The van der Waals surface area contributed by atoms with Crippen molar-refractivity contribution in [1.29, 1.82) is 0 Å². The normalized spacial score (nSPS) is 16.9. The molecule has 0 bridgehead atoms. The smallest absolute Gasteiger partial charge is 0.282 e. The summed E-state index contributed by atoms with van der Waals surface area (Å²) in [6.45, 7) is 4.31. The number of H-pyrrole nitrogens is 1. The Bertz CT molecular complexity index is 823. The van der Waals surface area contributed by atoms with Crippen molar-refractivity contribution in [1.82, 2.24) is 15.2 Å². The second kappa shape index (κ2) is 7.83. The fourth-order valence-corrected chi connectivity index (χ4v) is 4.48. The molecule has 1 aliphatic rings. The Morgan fingerprint density at radius 3 is 2.78 bits per heavy atom. The maximum atomic E-state index is 13.9. The molecule has 1 unspecified atom stereocenters. The lowest BCUT2D eigenvalue weighted by atomic mass is 10.2. The molecule has 0 spiro atoms. The van der Waals surface area contributed by atoms with Gasteiger partial charge in [0.1, 0.15) is 16.8 Å². The molecule has 1 aromatic heterocycles. The molecule has 1 aromatic carbocycles. The first kappa shape index (κ1) is 19.6. The van der Waals surface area contributed by atoms with E-state index in [0.717, 1.165) is 6.07 Å². The van der Waals surface area contributed by atoms with Crippen molar-refractivity contribution in [3.8, 4) is 17.1 Å². The van der Waals surface area contributed by atoms with E-state index in [9.17, 15) is 18.8 Å². The van der Waals surface area contributed by atoms with Crippen molar-refractivity contribution in [2.75, 3.05) is 18.5 Å². The second-order valence-electron chi connectivity index (χ2n) is 6.76. The molecule has 2 heterocycles. The molecule has 0 aliphatic carbocycles. The van der Waals surface area contributed by atoms with Crippen molar-refractivity contribution >= 4 is 23.0 Å². The number of rotatable bonds is 5. The van der Waals surface area contributed by atoms with E-state index in [-0.39, 0.29) is 28.3 Å². The average Bonchev–Trinajstić information content (AvgIpc) is 3.09. The number of hydrogen-bond acceptors (Lipinski definition) is 6. The summed E-state index contributed by atoms with van der Waals surface area (Å²) in [5.41, 5.74) is 0.103. The topological polar surface area (TPSA) is 123 Å². The highest BCUT2D eigenvalue weighted by Crippen LogP contribution is 2.29. The molecule has 1 atom stereocenters. The number of aromatic nitrogens is 3.